The van der Waals surface area contributed by atoms with Crippen LogP contribution in [0.3, 0.4) is 0 Å². The van der Waals surface area contributed by atoms with Crippen molar-refractivity contribution in [2.75, 3.05) is 104 Å². The van der Waals surface area contributed by atoms with Gasteiger partial charge in [-0.05, 0) is 127 Å². The smallest absolute Gasteiger partial charge is 0.341 e. The van der Waals surface area contributed by atoms with Crippen LogP contribution < -0.4 is 21.3 Å². The Labute approximate surface area is 374 Å². The minimum absolute atomic E-state index is 0.250. The molecule has 0 unspecified atom stereocenters. The van der Waals surface area contributed by atoms with Crippen LogP contribution in [0, 0.1) is 0 Å². The number of benzene rings is 3. The standard InChI is InChI=1S/C23H26N6.C23H25N5O2.C2H6O.CH5N/c1-25-22(24)18-14-16-8-9-17(28-11-5-10-27(2)12-13-28)15-21(16)29-20-7-4-3-6-19(20)26-23(18)29;1-3-30-23(29)17-15-16-9-10-20(27-12-6-11-26(2)13-14-27)25-21(16)28-19-8-5-4-7-18(19)24-22(17)28;1-2-3;1-2/h3-4,6-9,14-15H,5,10-13H2,1-2H3,(H2,24,25);4-5,7-10,15H,3,6,11-14H2,1-2H3;3H,2H2,1H3;2H2,1H3. The van der Waals surface area contributed by atoms with E-state index in [0.29, 0.717) is 23.7 Å². The number of aliphatic hydroxyl groups excluding tert-OH is 1. The lowest BCUT2D eigenvalue weighted by atomic mass is 10.1. The highest BCUT2D eigenvalue weighted by molar-refractivity contribution is 6.08. The van der Waals surface area contributed by atoms with Gasteiger partial charge in [-0.1, -0.05) is 30.3 Å². The van der Waals surface area contributed by atoms with Gasteiger partial charge in [0.15, 0.2) is 5.65 Å². The van der Waals surface area contributed by atoms with Crippen LogP contribution in [0.2, 0.25) is 0 Å². The molecule has 8 aromatic rings. The van der Waals surface area contributed by atoms with E-state index in [2.05, 4.69) is 85.2 Å². The third-order valence-corrected chi connectivity index (χ3v) is 11.7. The highest BCUT2D eigenvalue weighted by Gasteiger charge is 2.22. The molecule has 0 aliphatic carbocycles. The Morgan fingerprint density at radius 3 is 1.86 bits per heavy atom. The highest BCUT2D eigenvalue weighted by atomic mass is 16.5. The SMILES string of the molecule is CCO.CCOC(=O)c1cc2ccc(N3CCCN(C)CC3)nc2n2c1nc1ccccc12.CN.CN=C(N)c1cc2ccc(N3CCCN(C)CC3)cc2n2c1nc1ccccc12. The summed E-state index contributed by atoms with van der Waals surface area (Å²) in [7, 11) is 7.58. The Bertz CT molecular complexity index is 2910. The molecule has 0 spiro atoms. The molecule has 2 aliphatic rings. The molecule has 5 aromatic heterocycles. The van der Waals surface area contributed by atoms with Crippen molar-refractivity contribution in [3.05, 3.63) is 102 Å². The Balaban J connectivity index is 0.000000174. The summed E-state index contributed by atoms with van der Waals surface area (Å²) in [6, 6.07) is 30.9. The van der Waals surface area contributed by atoms with E-state index in [4.69, 9.17) is 30.5 Å². The van der Waals surface area contributed by atoms with Crippen molar-refractivity contribution < 1.29 is 14.6 Å². The summed E-state index contributed by atoms with van der Waals surface area (Å²) in [5.74, 6) is 1.10. The zero-order valence-corrected chi connectivity index (χ0v) is 38.0. The molecule has 0 radical (unpaired) electrons. The largest absolute Gasteiger partial charge is 0.462 e. The lowest BCUT2D eigenvalue weighted by molar-refractivity contribution is 0.0528. The number of hydrogen-bond acceptors (Lipinski definition) is 12. The number of ether oxygens (including phenoxy) is 1. The maximum atomic E-state index is 12.7. The average molecular weight is 867 g/mol. The predicted octanol–water partition coefficient (Wildman–Crippen LogP) is 6.05. The fourth-order valence-electron chi connectivity index (χ4n) is 8.52. The fourth-order valence-corrected chi connectivity index (χ4v) is 8.52. The van der Waals surface area contributed by atoms with Gasteiger partial charge in [-0.3, -0.25) is 13.8 Å². The van der Waals surface area contributed by atoms with Gasteiger partial charge < -0.3 is 40.9 Å². The Morgan fingerprint density at radius 1 is 0.656 bits per heavy atom. The first kappa shape index (κ1) is 45.6. The van der Waals surface area contributed by atoms with Crippen LogP contribution in [0.4, 0.5) is 11.5 Å². The third kappa shape index (κ3) is 9.43. The minimum atomic E-state index is -0.362. The topological polar surface area (TPSA) is 171 Å². The number of nitrogens with two attached hydrogens (primary N) is 2. The maximum Gasteiger partial charge on any atom is 0.341 e. The quantitative estimate of drug-likeness (QED) is 0.104. The second kappa shape index (κ2) is 20.9. The fraction of sp³-hybridized carbons (Fsp3) is 0.367. The number of aromatic nitrogens is 5. The zero-order chi connectivity index (χ0) is 45.3. The number of amidine groups is 1. The summed E-state index contributed by atoms with van der Waals surface area (Å²) in [4.78, 5) is 41.1. The van der Waals surface area contributed by atoms with Crippen molar-refractivity contribution in [1.82, 2.24) is 33.6 Å². The molecule has 10 rings (SSSR count). The van der Waals surface area contributed by atoms with Crippen LogP contribution in [0.1, 0.15) is 42.6 Å². The van der Waals surface area contributed by atoms with E-state index >= 15 is 0 Å². The third-order valence-electron chi connectivity index (χ3n) is 11.7. The molecule has 5 N–H and O–H groups in total. The maximum absolute atomic E-state index is 12.7. The number of para-hydroxylation sites is 4. The van der Waals surface area contributed by atoms with Gasteiger partial charge in [0.25, 0.3) is 0 Å². The number of rotatable bonds is 5. The van der Waals surface area contributed by atoms with Gasteiger partial charge in [0.05, 0.1) is 39.8 Å². The summed E-state index contributed by atoms with van der Waals surface area (Å²) in [6.45, 7) is 12.5. The average Bonchev–Trinajstić information content (AvgIpc) is 3.73. The van der Waals surface area contributed by atoms with Crippen molar-refractivity contribution in [3.63, 3.8) is 0 Å². The lowest BCUT2D eigenvalue weighted by Crippen LogP contribution is -2.29. The molecular weight excluding hydrogens is 805 g/mol. The molecule has 0 bridgehead atoms. The molecule has 336 valence electrons. The van der Waals surface area contributed by atoms with Crippen molar-refractivity contribution in [2.24, 2.45) is 16.5 Å². The van der Waals surface area contributed by atoms with Crippen LogP contribution in [-0.4, -0.2) is 144 Å². The Kier molecular flexibility index (Phi) is 14.9. The van der Waals surface area contributed by atoms with Crippen LogP contribution >= 0.6 is 0 Å². The number of fused-ring (bicyclic) bond motifs is 10. The summed E-state index contributed by atoms with van der Waals surface area (Å²) in [5, 5.41) is 9.60. The summed E-state index contributed by atoms with van der Waals surface area (Å²) >= 11 is 0. The first-order valence-electron chi connectivity index (χ1n) is 22.2. The van der Waals surface area contributed by atoms with E-state index in [9.17, 15) is 4.79 Å². The summed E-state index contributed by atoms with van der Waals surface area (Å²) in [5.41, 5.74) is 20.6. The Morgan fingerprint density at radius 2 is 1.22 bits per heavy atom. The minimum Gasteiger partial charge on any atom is -0.462 e. The van der Waals surface area contributed by atoms with Gasteiger partial charge in [0.1, 0.15) is 28.5 Å². The molecule has 7 heterocycles. The number of likely N-dealkylation sites (N-methyl/N-ethyl adjacent to an activating group) is 2. The van der Waals surface area contributed by atoms with Gasteiger partial charge in [0.2, 0.25) is 0 Å². The molecular formula is C49H62N12O3. The van der Waals surface area contributed by atoms with E-state index in [0.717, 1.165) is 120 Å². The number of aliphatic hydroxyl groups is 1. The normalized spacial score (nSPS) is 15.3. The number of esters is 1. The van der Waals surface area contributed by atoms with Crippen molar-refractivity contribution >= 4 is 78.6 Å². The molecule has 15 heteroatoms. The van der Waals surface area contributed by atoms with Gasteiger partial charge in [-0.2, -0.15) is 0 Å². The second-order valence-corrected chi connectivity index (χ2v) is 15.9. The first-order valence-corrected chi connectivity index (χ1v) is 22.2. The number of imidazole rings is 2. The molecule has 2 saturated heterocycles. The van der Waals surface area contributed by atoms with Gasteiger partial charge in [0, 0.05) is 64.0 Å². The van der Waals surface area contributed by atoms with E-state index in [1.165, 1.54) is 19.2 Å². The van der Waals surface area contributed by atoms with Gasteiger partial charge in [-0.25, -0.2) is 19.7 Å². The number of hydrogen-bond donors (Lipinski definition) is 3. The molecule has 2 fully saturated rings. The number of carbonyl (C=O) groups is 1. The van der Waals surface area contributed by atoms with Gasteiger partial charge >= 0.3 is 5.97 Å². The number of anilines is 2. The second-order valence-electron chi connectivity index (χ2n) is 15.9. The summed E-state index contributed by atoms with van der Waals surface area (Å²) < 4.78 is 9.52. The molecule has 0 amide bonds. The van der Waals surface area contributed by atoms with Crippen molar-refractivity contribution in [1.29, 1.82) is 0 Å². The molecule has 0 saturated carbocycles. The van der Waals surface area contributed by atoms with Crippen molar-refractivity contribution in [3.8, 4) is 0 Å². The first-order chi connectivity index (χ1) is 31.2. The van der Waals surface area contributed by atoms with Gasteiger partial charge in [-0.15, -0.1) is 0 Å². The van der Waals surface area contributed by atoms with Crippen LogP contribution in [-0.2, 0) is 4.74 Å². The molecule has 3 aromatic carbocycles. The predicted molar refractivity (Wildman–Crippen MR) is 262 cm³/mol. The monoisotopic (exact) mass is 867 g/mol. The van der Waals surface area contributed by atoms with E-state index in [1.807, 2.05) is 65.9 Å². The highest BCUT2D eigenvalue weighted by Crippen LogP contribution is 2.31. The molecule has 64 heavy (non-hydrogen) atoms. The molecule has 15 nitrogen and oxygen atoms in total. The number of aliphatic imine (C=N–C) groups is 1. The molecule has 0 atom stereocenters. The van der Waals surface area contributed by atoms with Crippen LogP contribution in [0.25, 0.3) is 55.3 Å². The zero-order valence-electron chi connectivity index (χ0n) is 38.0. The number of carbonyl (C=O) groups excluding carboxylic acids is 1. The van der Waals surface area contributed by atoms with Crippen molar-refractivity contribution in [2.45, 2.75) is 26.7 Å². The number of nitrogens with zero attached hydrogens (tertiary/aromatic N) is 10. The Hall–Kier alpha value is -6.39. The van der Waals surface area contributed by atoms with E-state index < -0.39 is 0 Å². The molecule has 2 aliphatic heterocycles. The van der Waals surface area contributed by atoms with Crippen LogP contribution in [0.5, 0.6) is 0 Å². The number of pyridine rings is 3. The van der Waals surface area contributed by atoms with E-state index in [-0.39, 0.29) is 12.6 Å². The lowest BCUT2D eigenvalue weighted by Gasteiger charge is -2.23. The summed E-state index contributed by atoms with van der Waals surface area (Å²) in [6.07, 6.45) is 2.29. The van der Waals surface area contributed by atoms with Crippen LogP contribution in [0.15, 0.2) is 96.0 Å². The van der Waals surface area contributed by atoms with E-state index in [1.54, 1.807) is 14.0 Å².